The first kappa shape index (κ1) is 44.3. The van der Waals surface area contributed by atoms with Gasteiger partial charge in [-0.1, -0.05) is 94.6 Å². The van der Waals surface area contributed by atoms with Gasteiger partial charge in [0.15, 0.2) is 12.1 Å². The van der Waals surface area contributed by atoms with Crippen molar-refractivity contribution in [3.8, 4) is 0 Å². The van der Waals surface area contributed by atoms with E-state index >= 15 is 0 Å². The predicted octanol–water partition coefficient (Wildman–Crippen LogP) is 8.90. The molecule has 0 bridgehead atoms. The van der Waals surface area contributed by atoms with Gasteiger partial charge in [0.2, 0.25) is 0 Å². The lowest BCUT2D eigenvalue weighted by atomic mass is 10.1. The van der Waals surface area contributed by atoms with Crippen molar-refractivity contribution >= 4 is 17.9 Å². The second kappa shape index (κ2) is 30.6. The molecule has 0 fully saturated rings. The molecule has 2 unspecified atom stereocenters. The molecule has 0 rings (SSSR count). The average Bonchev–Trinajstić information content (AvgIpc) is 3.01. The van der Waals surface area contributed by atoms with Gasteiger partial charge in [0, 0.05) is 19.3 Å². The molecule has 0 saturated heterocycles. The van der Waals surface area contributed by atoms with Gasteiger partial charge in [0.25, 0.3) is 0 Å². The van der Waals surface area contributed by atoms with Gasteiger partial charge < -0.3 is 23.8 Å². The molecule has 0 aliphatic carbocycles. The summed E-state index contributed by atoms with van der Waals surface area (Å²) >= 11 is 0. The number of carbonyl (C=O) groups is 3. The first-order chi connectivity index (χ1) is 22.6. The van der Waals surface area contributed by atoms with Crippen LogP contribution in [0.4, 0.5) is 0 Å². The Morgan fingerprint density at radius 2 is 1.19 bits per heavy atom. The van der Waals surface area contributed by atoms with Crippen molar-refractivity contribution in [2.75, 3.05) is 41.0 Å². The highest BCUT2D eigenvalue weighted by Gasteiger charge is 2.31. The molecule has 0 aliphatic rings. The fraction of sp³-hybridized carbons (Fsp3) is 0.718. The summed E-state index contributed by atoms with van der Waals surface area (Å²) in [7, 11) is 5.49. The van der Waals surface area contributed by atoms with Gasteiger partial charge in [-0.25, -0.2) is 4.79 Å². The maximum Gasteiger partial charge on any atom is 0.362 e. The third-order valence-electron chi connectivity index (χ3n) is 7.69. The molecule has 1 N–H and O–H groups in total. The monoisotopic (exact) mass is 662 g/mol. The Morgan fingerprint density at radius 1 is 0.660 bits per heavy atom. The number of carboxylic acids is 1. The molecule has 8 nitrogen and oxygen atoms in total. The quantitative estimate of drug-likeness (QED) is 0.0343. The number of ether oxygens (including phenoxy) is 3. The van der Waals surface area contributed by atoms with Crippen LogP contribution in [0, 0.1) is 0 Å². The van der Waals surface area contributed by atoms with Gasteiger partial charge in [0.1, 0.15) is 6.61 Å². The minimum Gasteiger partial charge on any atom is -0.477 e. The maximum absolute atomic E-state index is 12.6. The highest BCUT2D eigenvalue weighted by molar-refractivity contribution is 5.72. The van der Waals surface area contributed by atoms with Crippen molar-refractivity contribution in [3.63, 3.8) is 0 Å². The smallest absolute Gasteiger partial charge is 0.362 e. The number of allylic oxidation sites excluding steroid dienone is 8. The Balaban J connectivity index is 4.53. The number of hydrogen-bond acceptors (Lipinski definition) is 6. The van der Waals surface area contributed by atoms with E-state index in [1.54, 1.807) is 0 Å². The van der Waals surface area contributed by atoms with E-state index in [1.165, 1.54) is 12.8 Å². The Kier molecular flexibility index (Phi) is 28.8. The zero-order chi connectivity index (χ0) is 35.0. The predicted molar refractivity (Wildman–Crippen MR) is 192 cm³/mol. The van der Waals surface area contributed by atoms with E-state index < -0.39 is 18.1 Å². The van der Waals surface area contributed by atoms with Crippen molar-refractivity contribution in [1.82, 2.24) is 0 Å². The molecule has 0 heterocycles. The van der Waals surface area contributed by atoms with Crippen LogP contribution in [0.25, 0.3) is 0 Å². The molecule has 47 heavy (non-hydrogen) atoms. The second-order valence-electron chi connectivity index (χ2n) is 13.1. The molecule has 0 aliphatic heterocycles. The molecule has 2 atom stereocenters. The molecule has 8 heteroatoms. The van der Waals surface area contributed by atoms with Crippen molar-refractivity contribution in [2.24, 2.45) is 0 Å². The largest absolute Gasteiger partial charge is 0.477 e. The van der Waals surface area contributed by atoms with Crippen LogP contribution in [-0.4, -0.2) is 80.6 Å². The summed E-state index contributed by atoms with van der Waals surface area (Å²) in [5.74, 6) is -1.53. The topological polar surface area (TPSA) is 99.1 Å². The first-order valence-corrected chi connectivity index (χ1v) is 18.2. The molecule has 0 aromatic rings. The van der Waals surface area contributed by atoms with Crippen LogP contribution in [-0.2, 0) is 28.6 Å². The summed E-state index contributed by atoms with van der Waals surface area (Å²) in [5, 5.41) is 9.56. The average molecular weight is 663 g/mol. The molecule has 0 aromatic heterocycles. The van der Waals surface area contributed by atoms with Crippen LogP contribution in [0.15, 0.2) is 48.6 Å². The normalized spacial score (nSPS) is 13.6. The van der Waals surface area contributed by atoms with E-state index in [4.69, 9.17) is 14.2 Å². The van der Waals surface area contributed by atoms with E-state index in [9.17, 15) is 19.5 Å². The highest BCUT2D eigenvalue weighted by atomic mass is 16.6. The number of aliphatic carboxylic acids is 1. The van der Waals surface area contributed by atoms with E-state index in [-0.39, 0.29) is 36.2 Å². The van der Waals surface area contributed by atoms with Crippen molar-refractivity contribution in [1.29, 1.82) is 0 Å². The first-order valence-electron chi connectivity index (χ1n) is 18.2. The zero-order valence-electron chi connectivity index (χ0n) is 30.5. The number of likely N-dealkylation sites (N-methyl/N-ethyl adjacent to an activating group) is 1. The molecule has 0 radical (unpaired) electrons. The van der Waals surface area contributed by atoms with Crippen LogP contribution < -0.4 is 0 Å². The van der Waals surface area contributed by atoms with Crippen LogP contribution in [0.1, 0.15) is 129 Å². The van der Waals surface area contributed by atoms with Crippen molar-refractivity contribution < 1.29 is 38.2 Å². The lowest BCUT2D eigenvalue weighted by Gasteiger charge is -2.31. The molecular formula is C39H68NO7+. The van der Waals surface area contributed by atoms with Gasteiger partial charge in [-0.05, 0) is 64.2 Å². The lowest BCUT2D eigenvalue weighted by Crippen LogP contribution is -2.50. The summed E-state index contributed by atoms with van der Waals surface area (Å²) in [6.45, 7) is 4.48. The van der Waals surface area contributed by atoms with Crippen molar-refractivity contribution in [3.05, 3.63) is 48.6 Å². The summed E-state index contributed by atoms with van der Waals surface area (Å²) in [4.78, 5) is 36.7. The summed E-state index contributed by atoms with van der Waals surface area (Å²) in [6, 6.07) is -0.620. The Labute approximate surface area is 286 Å². The summed E-state index contributed by atoms with van der Waals surface area (Å²) in [6.07, 6.45) is 33.0. The number of nitrogens with zero attached hydrogens (tertiary/aromatic N) is 1. The third kappa shape index (κ3) is 29.2. The minimum absolute atomic E-state index is 0.0450. The number of hydrogen-bond donors (Lipinski definition) is 1. The number of carbonyl (C=O) groups excluding carboxylic acids is 2. The number of esters is 2. The zero-order valence-corrected chi connectivity index (χ0v) is 30.5. The van der Waals surface area contributed by atoms with Crippen LogP contribution in [0.3, 0.4) is 0 Å². The number of quaternary nitrogens is 1. The van der Waals surface area contributed by atoms with Gasteiger partial charge in [0.05, 0.1) is 34.4 Å². The second-order valence-corrected chi connectivity index (χ2v) is 13.1. The number of unbranched alkanes of at least 4 members (excludes halogenated alkanes) is 9. The summed E-state index contributed by atoms with van der Waals surface area (Å²) in [5.41, 5.74) is 0. The Bertz CT molecular complexity index is 917. The van der Waals surface area contributed by atoms with Gasteiger partial charge >= 0.3 is 17.9 Å². The van der Waals surface area contributed by atoms with E-state index in [1.807, 2.05) is 21.1 Å². The van der Waals surface area contributed by atoms with E-state index in [2.05, 4.69) is 62.5 Å². The van der Waals surface area contributed by atoms with Crippen LogP contribution in [0.2, 0.25) is 0 Å². The van der Waals surface area contributed by atoms with E-state index in [0.29, 0.717) is 19.3 Å². The lowest BCUT2D eigenvalue weighted by molar-refractivity contribution is -0.887. The minimum atomic E-state index is -0.885. The number of rotatable bonds is 31. The van der Waals surface area contributed by atoms with Crippen LogP contribution in [0.5, 0.6) is 0 Å². The van der Waals surface area contributed by atoms with Gasteiger partial charge in [-0.3, -0.25) is 9.59 Å². The standard InChI is InChI=1S/C39H67NO7/c1-6-8-10-12-14-16-18-19-20-22-24-26-28-30-38(42)47-35(33-45-32-31-36(39(43)44)40(3,4)5)34-46-37(41)29-27-25-23-21-17-15-13-11-9-7-2/h8,10-11,13-14,16,19-20,35-36H,6-7,9,12,15,17-18,21-34H2,1-5H3/p+1/b10-8-,13-11-,16-14-,20-19-. The van der Waals surface area contributed by atoms with Crippen molar-refractivity contribution in [2.45, 2.75) is 142 Å². The highest BCUT2D eigenvalue weighted by Crippen LogP contribution is 2.12. The maximum atomic E-state index is 12.6. The SMILES string of the molecule is CC/C=C\C/C=C\C/C=C\CCCCCC(=O)OC(COCCC(C(=O)O)[N+](C)(C)C)COC(=O)CCCCCCC/C=C\CCC. The third-order valence-corrected chi connectivity index (χ3v) is 7.69. The van der Waals surface area contributed by atoms with E-state index in [0.717, 1.165) is 83.5 Å². The fourth-order valence-electron chi connectivity index (χ4n) is 4.87. The van der Waals surface area contributed by atoms with Gasteiger partial charge in [-0.2, -0.15) is 0 Å². The molecule has 0 saturated carbocycles. The molecule has 0 aromatic carbocycles. The Morgan fingerprint density at radius 3 is 1.81 bits per heavy atom. The summed E-state index contributed by atoms with van der Waals surface area (Å²) < 4.78 is 17.1. The molecule has 270 valence electrons. The molecule has 0 amide bonds. The van der Waals surface area contributed by atoms with Gasteiger partial charge in [-0.15, -0.1) is 0 Å². The van der Waals surface area contributed by atoms with Crippen LogP contribution >= 0.6 is 0 Å². The fourth-order valence-corrected chi connectivity index (χ4v) is 4.87. The Hall–Kier alpha value is -2.71. The molecular weight excluding hydrogens is 594 g/mol. The molecule has 0 spiro atoms. The number of carboxylic acid groups (broad SMARTS) is 1.